The Morgan fingerprint density at radius 1 is 1.10 bits per heavy atom. The molecule has 0 saturated carbocycles. The predicted molar refractivity (Wildman–Crippen MR) is 114 cm³/mol. The van der Waals surface area contributed by atoms with E-state index in [2.05, 4.69) is 10.2 Å². The molecule has 1 N–H and O–H groups in total. The molecule has 2 aromatic carbocycles. The minimum absolute atomic E-state index is 0.151. The number of methoxy groups -OCH3 is 1. The Kier molecular flexibility index (Phi) is 3.83. The smallest absolute Gasteiger partial charge is 0.250 e. The van der Waals surface area contributed by atoms with Gasteiger partial charge in [0.1, 0.15) is 11.3 Å². The van der Waals surface area contributed by atoms with Crippen molar-refractivity contribution in [2.45, 2.75) is 24.4 Å². The summed E-state index contributed by atoms with van der Waals surface area (Å²) in [5, 5.41) is 3.49. The van der Waals surface area contributed by atoms with Crippen LogP contribution in [0.5, 0.6) is 5.75 Å². The highest BCUT2D eigenvalue weighted by atomic mass is 35.5. The molecule has 4 heterocycles. The van der Waals surface area contributed by atoms with Gasteiger partial charge in [-0.2, -0.15) is 0 Å². The van der Waals surface area contributed by atoms with Crippen molar-refractivity contribution < 1.29 is 19.1 Å². The van der Waals surface area contributed by atoms with E-state index >= 15 is 0 Å². The van der Waals surface area contributed by atoms with Crippen LogP contribution >= 0.6 is 11.6 Å². The van der Waals surface area contributed by atoms with E-state index in [0.29, 0.717) is 28.7 Å². The van der Waals surface area contributed by atoms with Crippen molar-refractivity contribution in [1.29, 1.82) is 0 Å². The molecule has 158 valence electrons. The second kappa shape index (κ2) is 6.31. The van der Waals surface area contributed by atoms with Gasteiger partial charge in [-0.1, -0.05) is 11.6 Å². The Morgan fingerprint density at radius 2 is 1.87 bits per heavy atom. The molecule has 0 aromatic heterocycles. The van der Waals surface area contributed by atoms with Crippen LogP contribution in [-0.2, 0) is 19.9 Å². The average molecular weight is 438 g/mol. The van der Waals surface area contributed by atoms with Crippen LogP contribution in [0.4, 0.5) is 11.4 Å². The first-order valence-electron chi connectivity index (χ1n) is 10.4. The van der Waals surface area contributed by atoms with Gasteiger partial charge in [-0.25, -0.2) is 4.90 Å². The lowest BCUT2D eigenvalue weighted by atomic mass is 9.75. The molecule has 4 aliphatic rings. The summed E-state index contributed by atoms with van der Waals surface area (Å²) in [7, 11) is 1.57. The Balaban J connectivity index is 1.55. The molecule has 0 aliphatic carbocycles. The molecule has 1 spiro atoms. The summed E-state index contributed by atoms with van der Waals surface area (Å²) in [5.74, 6) is -1.55. The number of hydrogen-bond donors (Lipinski definition) is 1. The van der Waals surface area contributed by atoms with Gasteiger partial charge in [0.05, 0.1) is 24.6 Å². The van der Waals surface area contributed by atoms with Gasteiger partial charge in [-0.15, -0.1) is 0 Å². The number of amides is 3. The van der Waals surface area contributed by atoms with Gasteiger partial charge in [0.25, 0.3) is 0 Å². The van der Waals surface area contributed by atoms with E-state index in [1.807, 2.05) is 6.07 Å². The molecule has 3 fully saturated rings. The number of anilines is 2. The average Bonchev–Trinajstić information content (AvgIpc) is 3.47. The van der Waals surface area contributed by atoms with E-state index in [4.69, 9.17) is 16.3 Å². The number of ether oxygens (including phenoxy) is 1. The molecular weight excluding hydrogens is 418 g/mol. The lowest BCUT2D eigenvalue weighted by molar-refractivity contribution is -0.135. The largest absolute Gasteiger partial charge is 0.497 e. The quantitative estimate of drug-likeness (QED) is 0.731. The zero-order valence-corrected chi connectivity index (χ0v) is 17.6. The molecular formula is C23H20ClN3O4. The van der Waals surface area contributed by atoms with Gasteiger partial charge in [0, 0.05) is 22.3 Å². The summed E-state index contributed by atoms with van der Waals surface area (Å²) >= 11 is 6.00. The van der Waals surface area contributed by atoms with Gasteiger partial charge in [0.2, 0.25) is 17.7 Å². The fraction of sp³-hybridized carbons (Fsp3) is 0.348. The van der Waals surface area contributed by atoms with E-state index < -0.39 is 17.4 Å². The van der Waals surface area contributed by atoms with Crippen molar-refractivity contribution in [2.24, 2.45) is 11.8 Å². The summed E-state index contributed by atoms with van der Waals surface area (Å²) in [6.07, 6.45) is 1.66. The highest BCUT2D eigenvalue weighted by Gasteiger charge is 2.74. The van der Waals surface area contributed by atoms with E-state index in [1.165, 1.54) is 4.90 Å². The fourth-order valence-electron chi connectivity index (χ4n) is 6.15. The third kappa shape index (κ3) is 2.20. The van der Waals surface area contributed by atoms with Crippen molar-refractivity contribution >= 4 is 40.7 Å². The Morgan fingerprint density at radius 3 is 2.61 bits per heavy atom. The van der Waals surface area contributed by atoms with Gasteiger partial charge in [-0.3, -0.25) is 19.3 Å². The number of imide groups is 1. The molecule has 8 heteroatoms. The van der Waals surface area contributed by atoms with Crippen molar-refractivity contribution in [3.63, 3.8) is 0 Å². The third-order valence-corrected chi connectivity index (χ3v) is 7.54. The molecule has 31 heavy (non-hydrogen) atoms. The normalized spacial score (nSPS) is 31.2. The first kappa shape index (κ1) is 18.8. The van der Waals surface area contributed by atoms with E-state index in [9.17, 15) is 14.4 Å². The summed E-state index contributed by atoms with van der Waals surface area (Å²) in [6.45, 7) is 0.670. The second-order valence-corrected chi connectivity index (χ2v) is 8.96. The number of carbonyl (C=O) groups is 3. The number of halogens is 1. The lowest BCUT2D eigenvalue weighted by Crippen LogP contribution is -2.54. The number of nitrogens with one attached hydrogen (secondary N) is 1. The first-order chi connectivity index (χ1) is 15.0. The van der Waals surface area contributed by atoms with Crippen LogP contribution in [0.3, 0.4) is 0 Å². The van der Waals surface area contributed by atoms with E-state index in [1.54, 1.807) is 43.5 Å². The molecule has 0 bridgehead atoms. The molecule has 0 radical (unpaired) electrons. The van der Waals surface area contributed by atoms with E-state index in [0.717, 1.165) is 18.4 Å². The first-order valence-corrected chi connectivity index (χ1v) is 10.8. The maximum absolute atomic E-state index is 13.8. The fourth-order valence-corrected chi connectivity index (χ4v) is 6.28. The van der Waals surface area contributed by atoms with Crippen molar-refractivity contribution in [3.05, 3.63) is 53.1 Å². The van der Waals surface area contributed by atoms with Crippen LogP contribution in [0, 0.1) is 11.8 Å². The van der Waals surface area contributed by atoms with Crippen LogP contribution in [0.1, 0.15) is 18.4 Å². The molecule has 6 rings (SSSR count). The summed E-state index contributed by atoms with van der Waals surface area (Å²) in [4.78, 5) is 44.3. The van der Waals surface area contributed by atoms with Crippen LogP contribution in [0.15, 0.2) is 42.5 Å². The monoisotopic (exact) mass is 437 g/mol. The SMILES string of the molecule is COc1ccc2c(c1)[C@@]1(C(=O)N2)[C@@H]2C(=O)N(c3ccc(Cl)cc3)C(=O)[C@@H]2[C@H]2CCCN21. The number of rotatable bonds is 2. The molecule has 3 amide bonds. The van der Waals surface area contributed by atoms with Crippen LogP contribution in [0.25, 0.3) is 0 Å². The maximum atomic E-state index is 13.8. The predicted octanol–water partition coefficient (Wildman–Crippen LogP) is 2.78. The lowest BCUT2D eigenvalue weighted by Gasteiger charge is -2.36. The number of nitrogens with zero attached hydrogens (tertiary/aromatic N) is 2. The summed E-state index contributed by atoms with van der Waals surface area (Å²) < 4.78 is 5.42. The number of hydrogen-bond acceptors (Lipinski definition) is 5. The topological polar surface area (TPSA) is 79.0 Å². The van der Waals surface area contributed by atoms with Crippen LogP contribution in [0.2, 0.25) is 5.02 Å². The van der Waals surface area contributed by atoms with Gasteiger partial charge < -0.3 is 10.1 Å². The standard InChI is InChI=1S/C23H20ClN3O4/c1-31-14-8-9-16-15(11-14)23(22(30)25-16)19-18(17-3-2-10-26(17)23)20(28)27(21(19)29)13-6-4-12(24)5-7-13/h4-9,11,17-19H,2-3,10H2,1H3,(H,25,30)/t17-,18-,19+,23+/m1/s1. The van der Waals surface area contributed by atoms with Crippen LogP contribution in [-0.4, -0.2) is 42.3 Å². The molecule has 4 aliphatic heterocycles. The summed E-state index contributed by atoms with van der Waals surface area (Å²) in [6, 6.07) is 11.9. The Labute approximate surface area is 183 Å². The minimum atomic E-state index is -1.20. The Bertz CT molecular complexity index is 1150. The third-order valence-electron chi connectivity index (χ3n) is 7.28. The number of carbonyl (C=O) groups excluding carboxylic acids is 3. The Hall–Kier alpha value is -2.90. The highest BCUT2D eigenvalue weighted by Crippen LogP contribution is 2.61. The number of benzene rings is 2. The van der Waals surface area contributed by atoms with Crippen LogP contribution < -0.4 is 15.0 Å². The molecule has 7 nitrogen and oxygen atoms in total. The molecule has 3 saturated heterocycles. The van der Waals surface area contributed by atoms with E-state index in [-0.39, 0.29) is 23.8 Å². The minimum Gasteiger partial charge on any atom is -0.497 e. The van der Waals surface area contributed by atoms with Crippen molar-refractivity contribution in [3.8, 4) is 5.75 Å². The maximum Gasteiger partial charge on any atom is 0.250 e. The zero-order chi connectivity index (χ0) is 21.5. The summed E-state index contributed by atoms with van der Waals surface area (Å²) in [5.41, 5.74) is 0.666. The second-order valence-electron chi connectivity index (χ2n) is 8.53. The highest BCUT2D eigenvalue weighted by molar-refractivity contribution is 6.31. The van der Waals surface area contributed by atoms with Gasteiger partial charge in [-0.05, 0) is 61.9 Å². The molecule has 0 unspecified atom stereocenters. The van der Waals surface area contributed by atoms with Crippen molar-refractivity contribution in [1.82, 2.24) is 4.90 Å². The van der Waals surface area contributed by atoms with Gasteiger partial charge >= 0.3 is 0 Å². The van der Waals surface area contributed by atoms with Crippen molar-refractivity contribution in [2.75, 3.05) is 23.9 Å². The number of fused-ring (bicyclic) bond motifs is 7. The molecule has 4 atom stereocenters. The zero-order valence-electron chi connectivity index (χ0n) is 16.8. The molecule has 2 aromatic rings. The van der Waals surface area contributed by atoms with Gasteiger partial charge in [0.15, 0.2) is 0 Å².